The van der Waals surface area contributed by atoms with Gasteiger partial charge in [-0.1, -0.05) is 18.2 Å². The molecule has 166 valence electrons. The van der Waals surface area contributed by atoms with Gasteiger partial charge in [0.05, 0.1) is 22.4 Å². The molecule has 7 nitrogen and oxygen atoms in total. The lowest BCUT2D eigenvalue weighted by molar-refractivity contribution is 0.0733. The van der Waals surface area contributed by atoms with Crippen LogP contribution in [-0.4, -0.2) is 17.8 Å². The van der Waals surface area contributed by atoms with Crippen LogP contribution in [0.4, 0.5) is 5.69 Å². The van der Waals surface area contributed by atoms with Crippen molar-refractivity contribution >= 4 is 34.4 Å². The zero-order valence-electron chi connectivity index (χ0n) is 17.9. The van der Waals surface area contributed by atoms with Crippen molar-refractivity contribution in [2.75, 3.05) is 4.90 Å². The fraction of sp³-hybridized carbons (Fsp3) is 0.111. The Hall–Kier alpha value is -4.52. The second-order valence-corrected chi connectivity index (χ2v) is 8.29. The number of fused-ring (bicyclic) bond motifs is 4. The Kier molecular flexibility index (Phi) is 4.45. The fourth-order valence-electron chi connectivity index (χ4n) is 4.69. The molecule has 0 saturated heterocycles. The average Bonchev–Trinajstić information content (AvgIpc) is 3.44. The van der Waals surface area contributed by atoms with Crippen LogP contribution < -0.4 is 15.3 Å². The summed E-state index contributed by atoms with van der Waals surface area (Å²) in [5.41, 5.74) is 2.84. The van der Waals surface area contributed by atoms with Crippen LogP contribution in [0.5, 0.6) is 5.75 Å². The van der Waals surface area contributed by atoms with Gasteiger partial charge in [-0.05, 0) is 67.3 Å². The minimum atomic E-state index is -0.665. The van der Waals surface area contributed by atoms with Gasteiger partial charge in [0.2, 0.25) is 0 Å². The molecule has 2 heterocycles. The zero-order chi connectivity index (χ0) is 23.4. The Bertz CT molecular complexity index is 1560. The molecule has 7 heteroatoms. The minimum absolute atomic E-state index is 0.171. The summed E-state index contributed by atoms with van der Waals surface area (Å²) in [7, 11) is 0. The van der Waals surface area contributed by atoms with Crippen molar-refractivity contribution in [1.82, 2.24) is 0 Å². The highest BCUT2D eigenvalue weighted by Crippen LogP contribution is 2.31. The van der Waals surface area contributed by atoms with Gasteiger partial charge in [0.25, 0.3) is 11.8 Å². The number of benzene rings is 3. The van der Waals surface area contributed by atoms with Gasteiger partial charge in [-0.15, -0.1) is 0 Å². The first-order valence-corrected chi connectivity index (χ1v) is 10.9. The summed E-state index contributed by atoms with van der Waals surface area (Å²) in [6.07, 6.45) is 2.45. The van der Waals surface area contributed by atoms with Gasteiger partial charge < -0.3 is 9.15 Å². The predicted molar refractivity (Wildman–Crippen MR) is 123 cm³/mol. The smallest absolute Gasteiger partial charge is 0.343 e. The van der Waals surface area contributed by atoms with Gasteiger partial charge >= 0.3 is 11.6 Å². The third-order valence-corrected chi connectivity index (χ3v) is 6.29. The summed E-state index contributed by atoms with van der Waals surface area (Å²) in [6, 6.07) is 17.7. The van der Waals surface area contributed by atoms with E-state index in [2.05, 4.69) is 0 Å². The van der Waals surface area contributed by atoms with Crippen molar-refractivity contribution in [3.8, 4) is 5.75 Å². The summed E-state index contributed by atoms with van der Waals surface area (Å²) in [6.45, 7) is 0. The molecule has 3 aromatic carbocycles. The Morgan fingerprint density at radius 3 is 2.32 bits per heavy atom. The first kappa shape index (κ1) is 20.1. The molecule has 2 aliphatic rings. The molecule has 0 saturated carbocycles. The van der Waals surface area contributed by atoms with E-state index in [1.807, 2.05) is 0 Å². The molecular weight excluding hydrogens is 434 g/mol. The molecule has 0 spiro atoms. The monoisotopic (exact) mass is 451 g/mol. The number of hydrogen-bond acceptors (Lipinski definition) is 6. The molecule has 0 atom stereocenters. The molecule has 2 amide bonds. The molecule has 0 radical (unpaired) electrons. The van der Waals surface area contributed by atoms with E-state index in [1.165, 1.54) is 18.2 Å². The standard InChI is InChI=1S/C27H17NO6/c29-24-20-7-1-2-8-21(20)25(30)28(24)16-6-3-5-15(13-16)26(31)33-17-11-12-19-18-9-4-10-22(18)27(32)34-23(19)14-17/h1-3,5-8,11-14H,4,9-10H2. The summed E-state index contributed by atoms with van der Waals surface area (Å²) < 4.78 is 11.0. The fourth-order valence-corrected chi connectivity index (χ4v) is 4.69. The largest absolute Gasteiger partial charge is 0.423 e. The Balaban J connectivity index is 1.29. The first-order chi connectivity index (χ1) is 16.5. The van der Waals surface area contributed by atoms with Crippen LogP contribution in [0.2, 0.25) is 0 Å². The molecule has 0 fully saturated rings. The van der Waals surface area contributed by atoms with Crippen molar-refractivity contribution in [3.63, 3.8) is 0 Å². The van der Waals surface area contributed by atoms with E-state index >= 15 is 0 Å². The number of hydrogen-bond donors (Lipinski definition) is 0. The maximum atomic E-state index is 12.8. The van der Waals surface area contributed by atoms with Crippen LogP contribution in [0.15, 0.2) is 75.9 Å². The molecule has 1 aliphatic heterocycles. The predicted octanol–water partition coefficient (Wildman–Crippen LogP) is 4.30. The molecule has 34 heavy (non-hydrogen) atoms. The van der Waals surface area contributed by atoms with Gasteiger partial charge in [0, 0.05) is 17.0 Å². The molecule has 0 bridgehead atoms. The normalized spacial score (nSPS) is 14.4. The van der Waals surface area contributed by atoms with Crippen molar-refractivity contribution in [3.05, 3.63) is 105 Å². The minimum Gasteiger partial charge on any atom is -0.423 e. The van der Waals surface area contributed by atoms with Crippen LogP contribution in [0, 0.1) is 0 Å². The number of carbonyl (C=O) groups is 3. The summed E-state index contributed by atoms with van der Waals surface area (Å²) >= 11 is 0. The number of anilines is 1. The number of aryl methyl sites for hydroxylation is 1. The second-order valence-electron chi connectivity index (χ2n) is 8.29. The Morgan fingerprint density at radius 2 is 1.56 bits per heavy atom. The number of rotatable bonds is 3. The summed E-state index contributed by atoms with van der Waals surface area (Å²) in [4.78, 5) is 51.7. The zero-order valence-corrected chi connectivity index (χ0v) is 17.9. The van der Waals surface area contributed by atoms with E-state index in [0.29, 0.717) is 23.1 Å². The van der Waals surface area contributed by atoms with Crippen LogP contribution in [0.3, 0.4) is 0 Å². The summed E-state index contributed by atoms with van der Waals surface area (Å²) in [5.74, 6) is -1.32. The van der Waals surface area contributed by atoms with E-state index in [1.54, 1.807) is 48.5 Å². The topological polar surface area (TPSA) is 93.9 Å². The number of nitrogens with zero attached hydrogens (tertiary/aromatic N) is 1. The number of esters is 1. The van der Waals surface area contributed by atoms with Crippen LogP contribution >= 0.6 is 0 Å². The Morgan fingerprint density at radius 1 is 0.824 bits per heavy atom. The number of amides is 2. The van der Waals surface area contributed by atoms with E-state index in [9.17, 15) is 19.2 Å². The maximum Gasteiger partial charge on any atom is 0.343 e. The average molecular weight is 451 g/mol. The molecule has 1 aliphatic carbocycles. The van der Waals surface area contributed by atoms with Gasteiger partial charge in [-0.2, -0.15) is 0 Å². The van der Waals surface area contributed by atoms with Crippen LogP contribution in [-0.2, 0) is 12.8 Å². The third kappa shape index (κ3) is 3.05. The highest BCUT2D eigenvalue weighted by Gasteiger charge is 2.36. The van der Waals surface area contributed by atoms with Crippen molar-refractivity contribution in [2.45, 2.75) is 19.3 Å². The molecule has 0 N–H and O–H groups in total. The summed E-state index contributed by atoms with van der Waals surface area (Å²) in [5, 5.41) is 0.847. The van der Waals surface area contributed by atoms with E-state index in [4.69, 9.17) is 9.15 Å². The van der Waals surface area contributed by atoms with Crippen LogP contribution in [0.1, 0.15) is 48.6 Å². The number of carbonyl (C=O) groups excluding carboxylic acids is 3. The Labute approximate surface area is 193 Å². The van der Waals surface area contributed by atoms with Gasteiger partial charge in [-0.25, -0.2) is 14.5 Å². The van der Waals surface area contributed by atoms with Gasteiger partial charge in [0.1, 0.15) is 11.3 Å². The number of ether oxygens (including phenoxy) is 1. The maximum absolute atomic E-state index is 12.8. The molecule has 6 rings (SSSR count). The highest BCUT2D eigenvalue weighted by atomic mass is 16.5. The van der Waals surface area contributed by atoms with Crippen molar-refractivity contribution < 1.29 is 23.5 Å². The van der Waals surface area contributed by atoms with Gasteiger partial charge in [0.15, 0.2) is 0 Å². The molecule has 4 aromatic rings. The molecule has 0 unspecified atom stereocenters. The van der Waals surface area contributed by atoms with E-state index in [-0.39, 0.29) is 22.6 Å². The lowest BCUT2D eigenvalue weighted by atomic mass is 10.1. The first-order valence-electron chi connectivity index (χ1n) is 10.9. The number of imide groups is 1. The molecule has 1 aromatic heterocycles. The van der Waals surface area contributed by atoms with Crippen molar-refractivity contribution in [1.29, 1.82) is 0 Å². The SMILES string of the molecule is O=C(Oc1ccc2c3c(c(=O)oc2c1)CCC3)c1cccc(N2C(=O)c3ccccc3C2=O)c1. The quantitative estimate of drug-likeness (QED) is 0.200. The second kappa shape index (κ2) is 7.52. The molecular formula is C27H17NO6. The van der Waals surface area contributed by atoms with E-state index < -0.39 is 17.8 Å². The van der Waals surface area contributed by atoms with Gasteiger partial charge in [-0.3, -0.25) is 9.59 Å². The highest BCUT2D eigenvalue weighted by molar-refractivity contribution is 6.34. The van der Waals surface area contributed by atoms with Crippen molar-refractivity contribution in [2.24, 2.45) is 0 Å². The van der Waals surface area contributed by atoms with Crippen LogP contribution in [0.25, 0.3) is 11.0 Å². The lowest BCUT2D eigenvalue weighted by Crippen LogP contribution is -2.29. The third-order valence-electron chi connectivity index (χ3n) is 6.29. The lowest BCUT2D eigenvalue weighted by Gasteiger charge is -2.15. The van der Waals surface area contributed by atoms with E-state index in [0.717, 1.165) is 34.3 Å².